The molecule has 1 amide bonds. The predicted molar refractivity (Wildman–Crippen MR) is 164 cm³/mol. The Hall–Kier alpha value is -4.73. The van der Waals surface area contributed by atoms with Crippen LogP contribution < -0.4 is 15.6 Å². The van der Waals surface area contributed by atoms with Gasteiger partial charge in [0.05, 0.1) is 17.0 Å². The first kappa shape index (κ1) is 30.7. The number of fused-ring (bicyclic) bond motifs is 2. The van der Waals surface area contributed by atoms with Gasteiger partial charge in [0.25, 0.3) is 5.56 Å². The molecule has 0 saturated carbocycles. The summed E-state index contributed by atoms with van der Waals surface area (Å²) in [6.45, 7) is 6.26. The van der Waals surface area contributed by atoms with E-state index in [-0.39, 0.29) is 22.6 Å². The first-order chi connectivity index (χ1) is 20.7. The molecule has 0 radical (unpaired) electrons. The number of alkyl halides is 3. The van der Waals surface area contributed by atoms with Crippen molar-refractivity contribution < 1.29 is 27.8 Å². The van der Waals surface area contributed by atoms with Gasteiger partial charge >= 0.3 is 6.36 Å². The number of H-pyrrole nitrogens is 1. The van der Waals surface area contributed by atoms with Crippen LogP contribution in [0, 0.1) is 5.41 Å². The zero-order valence-electron chi connectivity index (χ0n) is 24.9. The van der Waals surface area contributed by atoms with Crippen molar-refractivity contribution in [3.63, 3.8) is 0 Å². The molecule has 0 aliphatic carbocycles. The fourth-order valence-electron chi connectivity index (χ4n) is 5.71. The lowest BCUT2D eigenvalue weighted by Gasteiger charge is -2.22. The Kier molecular flexibility index (Phi) is 8.20. The molecule has 1 unspecified atom stereocenters. The zero-order valence-corrected chi connectivity index (χ0v) is 24.9. The maximum Gasteiger partial charge on any atom is 0.573 e. The summed E-state index contributed by atoms with van der Waals surface area (Å²) in [5, 5.41) is 15.9. The number of aryl methyl sites for hydroxylation is 1. The van der Waals surface area contributed by atoms with Crippen molar-refractivity contribution in [2.24, 2.45) is 12.5 Å². The molecule has 5 aromatic rings. The molecule has 0 bridgehead atoms. The summed E-state index contributed by atoms with van der Waals surface area (Å²) >= 11 is 0. The average Bonchev–Trinajstić information content (AvgIpc) is 3.31. The van der Waals surface area contributed by atoms with Crippen molar-refractivity contribution >= 4 is 27.7 Å². The highest BCUT2D eigenvalue weighted by molar-refractivity contribution is 5.88. The Labute approximate surface area is 252 Å². The van der Waals surface area contributed by atoms with Crippen LogP contribution in [0.2, 0.25) is 0 Å². The van der Waals surface area contributed by atoms with E-state index >= 15 is 0 Å². The SMILES string of the molecule is Cn1c(=O)c(C(c2ccc(OC(F)(F)F)cc2)c2[nH]c3ccccc3c2CCNC(=O)CC(C)(C)C)c(O)c2ccccc21. The first-order valence-electron chi connectivity index (χ1n) is 14.3. The Balaban J connectivity index is 1.69. The van der Waals surface area contributed by atoms with E-state index in [9.17, 15) is 27.9 Å². The van der Waals surface area contributed by atoms with Gasteiger partial charge in [0.1, 0.15) is 11.5 Å². The molecular weight excluding hydrogens is 571 g/mol. The Bertz CT molecular complexity index is 1880. The number of carbonyl (C=O) groups excluding carboxylic acids is 1. The number of para-hydroxylation sites is 2. The van der Waals surface area contributed by atoms with E-state index in [0.717, 1.165) is 16.5 Å². The largest absolute Gasteiger partial charge is 0.573 e. The number of pyridine rings is 1. The lowest BCUT2D eigenvalue weighted by Crippen LogP contribution is -2.29. The summed E-state index contributed by atoms with van der Waals surface area (Å²) < 4.78 is 44.3. The zero-order chi connectivity index (χ0) is 31.8. The molecule has 3 aromatic carbocycles. The van der Waals surface area contributed by atoms with Gasteiger partial charge in [-0.3, -0.25) is 9.59 Å². The molecule has 7 nitrogen and oxygen atoms in total. The number of rotatable bonds is 8. The summed E-state index contributed by atoms with van der Waals surface area (Å²) in [6.07, 6.45) is -4.12. The molecule has 10 heteroatoms. The highest BCUT2D eigenvalue weighted by atomic mass is 19.4. The topological polar surface area (TPSA) is 96.4 Å². The second-order valence-electron chi connectivity index (χ2n) is 12.1. The van der Waals surface area contributed by atoms with Crippen molar-refractivity contribution in [1.82, 2.24) is 14.9 Å². The normalized spacial score (nSPS) is 12.9. The summed E-state index contributed by atoms with van der Waals surface area (Å²) in [5.74, 6) is -1.61. The van der Waals surface area contributed by atoms with E-state index in [4.69, 9.17) is 0 Å². The summed E-state index contributed by atoms with van der Waals surface area (Å²) in [6, 6.07) is 19.8. The lowest BCUT2D eigenvalue weighted by molar-refractivity contribution is -0.274. The van der Waals surface area contributed by atoms with Crippen molar-refractivity contribution in [3.8, 4) is 11.5 Å². The van der Waals surface area contributed by atoms with Crippen LogP contribution in [0.25, 0.3) is 21.8 Å². The third-order valence-corrected chi connectivity index (χ3v) is 7.57. The van der Waals surface area contributed by atoms with Gasteiger partial charge in [0, 0.05) is 42.0 Å². The molecule has 1 atom stereocenters. The number of hydrogen-bond donors (Lipinski definition) is 3. The van der Waals surface area contributed by atoms with Crippen LogP contribution >= 0.6 is 0 Å². The minimum atomic E-state index is -4.87. The minimum absolute atomic E-state index is 0.0697. The number of aromatic amines is 1. The molecule has 0 aliphatic heterocycles. The number of aromatic hydroxyl groups is 1. The van der Waals surface area contributed by atoms with Crippen LogP contribution in [-0.2, 0) is 18.3 Å². The third-order valence-electron chi connectivity index (χ3n) is 7.57. The van der Waals surface area contributed by atoms with Gasteiger partial charge in [-0.1, -0.05) is 63.2 Å². The first-order valence-corrected chi connectivity index (χ1v) is 14.3. The van der Waals surface area contributed by atoms with E-state index in [0.29, 0.717) is 41.5 Å². The molecule has 0 aliphatic rings. The number of carbonyl (C=O) groups is 1. The van der Waals surface area contributed by atoms with Crippen molar-refractivity contribution in [1.29, 1.82) is 0 Å². The fraction of sp³-hybridized carbons (Fsp3) is 0.294. The molecule has 0 spiro atoms. The number of nitrogens with zero attached hydrogens (tertiary/aromatic N) is 1. The van der Waals surface area contributed by atoms with E-state index < -0.39 is 23.6 Å². The minimum Gasteiger partial charge on any atom is -0.507 e. The van der Waals surface area contributed by atoms with Gasteiger partial charge in [-0.2, -0.15) is 0 Å². The molecule has 0 saturated heterocycles. The standard InChI is InChI=1S/C34H34F3N3O4/c1-33(2,3)19-27(41)38-18-17-23-22-9-5-7-11-25(22)39-30(23)28(20-13-15-21(16-14-20)44-34(35,36)37)29-31(42)24-10-6-8-12-26(24)40(4)32(29)43/h5-16,28,39,42H,17-19H2,1-4H3,(H,38,41). The number of benzene rings is 3. The number of ether oxygens (including phenoxy) is 1. The number of nitrogens with one attached hydrogen (secondary N) is 2. The number of amides is 1. The maximum absolute atomic E-state index is 14.0. The van der Waals surface area contributed by atoms with Crippen LogP contribution in [0.5, 0.6) is 11.5 Å². The molecule has 44 heavy (non-hydrogen) atoms. The van der Waals surface area contributed by atoms with Crippen molar-refractivity contribution in [2.75, 3.05) is 6.54 Å². The average molecular weight is 606 g/mol. The van der Waals surface area contributed by atoms with E-state index in [1.165, 1.54) is 28.8 Å². The Morgan fingerprint density at radius 1 is 0.977 bits per heavy atom. The van der Waals surface area contributed by atoms with Crippen molar-refractivity contribution in [2.45, 2.75) is 45.9 Å². The third kappa shape index (κ3) is 6.44. The smallest absolute Gasteiger partial charge is 0.507 e. The van der Waals surface area contributed by atoms with Crippen molar-refractivity contribution in [3.05, 3.63) is 106 Å². The van der Waals surface area contributed by atoms with Gasteiger partial charge in [0.15, 0.2) is 0 Å². The van der Waals surface area contributed by atoms with Gasteiger partial charge in [-0.05, 0) is 53.3 Å². The van der Waals surface area contributed by atoms with Gasteiger partial charge < -0.3 is 24.7 Å². The van der Waals surface area contributed by atoms with Crippen LogP contribution in [0.3, 0.4) is 0 Å². The van der Waals surface area contributed by atoms with E-state index in [1.54, 1.807) is 31.3 Å². The second-order valence-corrected chi connectivity index (χ2v) is 12.1. The number of aromatic nitrogens is 2. The lowest BCUT2D eigenvalue weighted by atomic mass is 9.85. The second kappa shape index (κ2) is 11.7. The Morgan fingerprint density at radius 3 is 2.27 bits per heavy atom. The quantitative estimate of drug-likeness (QED) is 0.179. The molecule has 0 fully saturated rings. The molecule has 2 aromatic heterocycles. The number of hydrogen-bond acceptors (Lipinski definition) is 4. The van der Waals surface area contributed by atoms with Crippen LogP contribution in [0.4, 0.5) is 13.2 Å². The number of halogens is 3. The van der Waals surface area contributed by atoms with Crippen LogP contribution in [0.15, 0.2) is 77.6 Å². The highest BCUT2D eigenvalue weighted by Gasteiger charge is 2.33. The molecule has 2 heterocycles. The molecule has 5 rings (SSSR count). The summed E-state index contributed by atoms with van der Waals surface area (Å²) in [5.41, 5.74) is 2.60. The Morgan fingerprint density at radius 2 is 1.61 bits per heavy atom. The summed E-state index contributed by atoms with van der Waals surface area (Å²) in [7, 11) is 1.61. The van der Waals surface area contributed by atoms with E-state index in [2.05, 4.69) is 15.0 Å². The fourth-order valence-corrected chi connectivity index (χ4v) is 5.71. The van der Waals surface area contributed by atoms with Gasteiger partial charge in [-0.15, -0.1) is 13.2 Å². The van der Waals surface area contributed by atoms with E-state index in [1.807, 2.05) is 45.0 Å². The maximum atomic E-state index is 14.0. The van der Waals surface area contributed by atoms with Crippen LogP contribution in [-0.4, -0.2) is 33.5 Å². The van der Waals surface area contributed by atoms with Crippen LogP contribution in [0.1, 0.15) is 55.5 Å². The highest BCUT2D eigenvalue weighted by Crippen LogP contribution is 2.41. The van der Waals surface area contributed by atoms with Gasteiger partial charge in [-0.25, -0.2) is 0 Å². The predicted octanol–water partition coefficient (Wildman–Crippen LogP) is 6.90. The summed E-state index contributed by atoms with van der Waals surface area (Å²) in [4.78, 5) is 30.0. The molecule has 230 valence electrons. The van der Waals surface area contributed by atoms with Gasteiger partial charge in [0.2, 0.25) is 5.91 Å². The molecule has 3 N–H and O–H groups in total. The molecular formula is C34H34F3N3O4. The monoisotopic (exact) mass is 605 g/mol.